The molecule has 106 valence electrons. The molecular formula is C12H17BrN2O3S. The lowest BCUT2D eigenvalue weighted by molar-refractivity contribution is 0.182. The van der Waals surface area contributed by atoms with Gasteiger partial charge in [0.15, 0.2) is 0 Å². The fraction of sp³-hybridized carbons (Fsp3) is 0.333. The van der Waals surface area contributed by atoms with Crippen LogP contribution in [0.15, 0.2) is 40.2 Å². The second-order valence-electron chi connectivity index (χ2n) is 3.83. The lowest BCUT2D eigenvalue weighted by atomic mass is 10.3. The molecule has 7 heteroatoms. The van der Waals surface area contributed by atoms with Crippen molar-refractivity contribution in [1.82, 2.24) is 4.31 Å². The molecule has 0 saturated carbocycles. The van der Waals surface area contributed by atoms with Gasteiger partial charge in [0.2, 0.25) is 10.0 Å². The lowest BCUT2D eigenvalue weighted by Crippen LogP contribution is -2.34. The molecule has 0 atom stereocenters. The predicted molar refractivity (Wildman–Crippen MR) is 79.4 cm³/mol. The van der Waals surface area contributed by atoms with Gasteiger partial charge in [-0.1, -0.05) is 6.08 Å². The van der Waals surface area contributed by atoms with Crippen LogP contribution in [-0.2, 0) is 14.8 Å². The zero-order valence-electron chi connectivity index (χ0n) is 10.7. The summed E-state index contributed by atoms with van der Waals surface area (Å²) in [5.41, 5.74) is 6.10. The second-order valence-corrected chi connectivity index (χ2v) is 6.62. The Morgan fingerprint density at radius 2 is 2.21 bits per heavy atom. The number of rotatable bonds is 7. The van der Waals surface area contributed by atoms with Crippen LogP contribution < -0.4 is 5.73 Å². The largest absolute Gasteiger partial charge is 0.398 e. The molecule has 0 spiro atoms. The van der Waals surface area contributed by atoms with Gasteiger partial charge in [-0.05, 0) is 34.1 Å². The number of halogens is 1. The molecule has 0 bridgehead atoms. The molecule has 0 radical (unpaired) electrons. The first-order chi connectivity index (χ1) is 8.93. The summed E-state index contributed by atoms with van der Waals surface area (Å²) in [4.78, 5) is 0.158. The van der Waals surface area contributed by atoms with E-state index in [0.717, 1.165) is 0 Å². The van der Waals surface area contributed by atoms with E-state index >= 15 is 0 Å². The predicted octanol–water partition coefficient (Wildman–Crippen LogP) is 1.85. The molecule has 2 N–H and O–H groups in total. The molecule has 0 saturated heterocycles. The summed E-state index contributed by atoms with van der Waals surface area (Å²) in [5.74, 6) is 0. The first-order valence-corrected chi connectivity index (χ1v) is 7.81. The average Bonchev–Trinajstić information content (AvgIpc) is 2.37. The monoisotopic (exact) mass is 348 g/mol. The Bertz CT molecular complexity index is 546. The van der Waals surface area contributed by atoms with Gasteiger partial charge in [0.1, 0.15) is 0 Å². The van der Waals surface area contributed by atoms with Crippen molar-refractivity contribution in [2.24, 2.45) is 0 Å². The van der Waals surface area contributed by atoms with Crippen LogP contribution in [0.25, 0.3) is 0 Å². The topological polar surface area (TPSA) is 72.6 Å². The van der Waals surface area contributed by atoms with E-state index in [1.165, 1.54) is 29.6 Å². The molecule has 19 heavy (non-hydrogen) atoms. The third-order valence-electron chi connectivity index (χ3n) is 2.48. The number of nitrogen functional groups attached to an aromatic ring is 1. The highest BCUT2D eigenvalue weighted by atomic mass is 79.9. The van der Waals surface area contributed by atoms with Crippen LogP contribution in [0.5, 0.6) is 0 Å². The summed E-state index contributed by atoms with van der Waals surface area (Å²) >= 11 is 3.24. The number of ether oxygens (including phenoxy) is 1. The van der Waals surface area contributed by atoms with Crippen molar-refractivity contribution in [3.63, 3.8) is 0 Å². The SMILES string of the molecule is C=CCN(CCOC)S(=O)(=O)c1ccc(Br)c(N)c1. The van der Waals surface area contributed by atoms with Crippen LogP contribution in [0.1, 0.15) is 0 Å². The van der Waals surface area contributed by atoms with Gasteiger partial charge >= 0.3 is 0 Å². The summed E-state index contributed by atoms with van der Waals surface area (Å²) in [6.07, 6.45) is 1.54. The highest BCUT2D eigenvalue weighted by molar-refractivity contribution is 9.10. The van der Waals surface area contributed by atoms with Crippen LogP contribution in [0.4, 0.5) is 5.69 Å². The standard InChI is InChI=1S/C12H17BrN2O3S/c1-3-6-15(7-8-18-2)19(16,17)10-4-5-11(13)12(14)9-10/h3-5,9H,1,6-8,14H2,2H3. The van der Waals surface area contributed by atoms with Crippen LogP contribution in [0, 0.1) is 0 Å². The fourth-order valence-corrected chi connectivity index (χ4v) is 3.16. The molecular weight excluding hydrogens is 332 g/mol. The van der Waals surface area contributed by atoms with Crippen LogP contribution in [0.2, 0.25) is 0 Å². The maximum Gasteiger partial charge on any atom is 0.243 e. The van der Waals surface area contributed by atoms with E-state index in [1.54, 1.807) is 6.07 Å². The molecule has 0 unspecified atom stereocenters. The number of benzene rings is 1. The molecule has 0 fully saturated rings. The van der Waals surface area contributed by atoms with Crippen LogP contribution in [-0.4, -0.2) is 39.5 Å². The highest BCUT2D eigenvalue weighted by Gasteiger charge is 2.23. The van der Waals surface area contributed by atoms with Crippen molar-refractivity contribution in [3.8, 4) is 0 Å². The fourth-order valence-electron chi connectivity index (χ4n) is 1.48. The Balaban J connectivity index is 3.10. The van der Waals surface area contributed by atoms with Crippen molar-refractivity contribution in [2.45, 2.75) is 4.90 Å². The second kappa shape index (κ2) is 7.04. The van der Waals surface area contributed by atoms with Crippen LogP contribution >= 0.6 is 15.9 Å². The maximum absolute atomic E-state index is 12.4. The number of hydrogen-bond acceptors (Lipinski definition) is 4. The zero-order chi connectivity index (χ0) is 14.5. The van der Waals surface area contributed by atoms with Crippen molar-refractivity contribution >= 4 is 31.6 Å². The summed E-state index contributed by atoms with van der Waals surface area (Å²) in [6.45, 7) is 4.38. The number of methoxy groups -OCH3 is 1. The van der Waals surface area contributed by atoms with Gasteiger partial charge in [-0.3, -0.25) is 0 Å². The molecule has 0 heterocycles. The normalized spacial score (nSPS) is 11.7. The van der Waals surface area contributed by atoms with Gasteiger partial charge in [-0.2, -0.15) is 4.31 Å². The van der Waals surface area contributed by atoms with E-state index in [-0.39, 0.29) is 18.0 Å². The minimum Gasteiger partial charge on any atom is -0.398 e. The quantitative estimate of drug-likeness (QED) is 0.602. The van der Waals surface area contributed by atoms with Gasteiger partial charge in [0.05, 0.1) is 11.5 Å². The van der Waals surface area contributed by atoms with E-state index in [2.05, 4.69) is 22.5 Å². The summed E-state index contributed by atoms with van der Waals surface area (Å²) in [7, 11) is -2.07. The number of sulfonamides is 1. The Morgan fingerprint density at radius 1 is 1.53 bits per heavy atom. The van der Waals surface area contributed by atoms with Gasteiger partial charge < -0.3 is 10.5 Å². The van der Waals surface area contributed by atoms with E-state index in [0.29, 0.717) is 16.8 Å². The Kier molecular flexibility index (Phi) is 5.99. The summed E-state index contributed by atoms with van der Waals surface area (Å²) < 4.78 is 31.8. The van der Waals surface area contributed by atoms with Crippen molar-refractivity contribution in [2.75, 3.05) is 32.5 Å². The van der Waals surface area contributed by atoms with Crippen molar-refractivity contribution < 1.29 is 13.2 Å². The average molecular weight is 349 g/mol. The smallest absolute Gasteiger partial charge is 0.243 e. The zero-order valence-corrected chi connectivity index (χ0v) is 13.1. The first-order valence-electron chi connectivity index (χ1n) is 5.58. The highest BCUT2D eigenvalue weighted by Crippen LogP contribution is 2.24. The van der Waals surface area contributed by atoms with E-state index in [9.17, 15) is 8.42 Å². The Hall–Kier alpha value is -0.890. The third kappa shape index (κ3) is 4.04. The maximum atomic E-state index is 12.4. The van der Waals surface area contributed by atoms with Crippen molar-refractivity contribution in [3.05, 3.63) is 35.3 Å². The molecule has 5 nitrogen and oxygen atoms in total. The minimum absolute atomic E-state index is 0.158. The van der Waals surface area contributed by atoms with Gasteiger partial charge in [-0.15, -0.1) is 6.58 Å². The molecule has 0 aliphatic heterocycles. The summed E-state index contributed by atoms with van der Waals surface area (Å²) in [5, 5.41) is 0. The molecule has 0 aliphatic rings. The minimum atomic E-state index is -3.59. The number of nitrogens with zero attached hydrogens (tertiary/aromatic N) is 1. The molecule has 1 aromatic rings. The van der Waals surface area contributed by atoms with Gasteiger partial charge in [-0.25, -0.2) is 8.42 Å². The molecule has 0 aromatic heterocycles. The molecule has 1 aromatic carbocycles. The van der Waals surface area contributed by atoms with Gasteiger partial charge in [0, 0.05) is 30.4 Å². The number of hydrogen-bond donors (Lipinski definition) is 1. The molecule has 1 rings (SSSR count). The van der Waals surface area contributed by atoms with Crippen molar-refractivity contribution in [1.29, 1.82) is 0 Å². The Labute approximate surface area is 122 Å². The van der Waals surface area contributed by atoms with Gasteiger partial charge in [0.25, 0.3) is 0 Å². The van der Waals surface area contributed by atoms with E-state index in [1.807, 2.05) is 0 Å². The Morgan fingerprint density at radius 3 is 2.74 bits per heavy atom. The van der Waals surface area contributed by atoms with E-state index in [4.69, 9.17) is 10.5 Å². The number of anilines is 1. The molecule has 0 amide bonds. The van der Waals surface area contributed by atoms with Crippen LogP contribution in [0.3, 0.4) is 0 Å². The number of nitrogens with two attached hydrogens (primary N) is 1. The molecule has 0 aliphatic carbocycles. The first kappa shape index (κ1) is 16.2. The third-order valence-corrected chi connectivity index (χ3v) is 5.07. The summed E-state index contributed by atoms with van der Waals surface area (Å²) in [6, 6.07) is 4.56. The lowest BCUT2D eigenvalue weighted by Gasteiger charge is -2.20. The van der Waals surface area contributed by atoms with E-state index < -0.39 is 10.0 Å².